The van der Waals surface area contributed by atoms with Crippen molar-refractivity contribution in [3.63, 3.8) is 0 Å². The molecule has 1 aliphatic heterocycles. The van der Waals surface area contributed by atoms with Crippen molar-refractivity contribution in [3.8, 4) is 5.75 Å². The Morgan fingerprint density at radius 1 is 1.03 bits per heavy atom. The number of aromatic amines is 1. The second-order valence-corrected chi connectivity index (χ2v) is 7.38. The number of aliphatic hydroxyl groups is 1. The predicted molar refractivity (Wildman–Crippen MR) is 121 cm³/mol. The summed E-state index contributed by atoms with van der Waals surface area (Å²) >= 11 is 0. The van der Waals surface area contributed by atoms with Crippen LogP contribution in [0.5, 0.6) is 5.75 Å². The topological polar surface area (TPSA) is 123 Å². The van der Waals surface area contributed by atoms with Crippen molar-refractivity contribution in [2.75, 3.05) is 26.2 Å². The maximum absolute atomic E-state index is 10.4. The maximum Gasteiger partial charge on any atom is 0.414 e. The van der Waals surface area contributed by atoms with Crippen LogP contribution < -0.4 is 4.74 Å². The first-order chi connectivity index (χ1) is 15.4. The van der Waals surface area contributed by atoms with Gasteiger partial charge in [-0.3, -0.25) is 4.90 Å². The largest absolute Gasteiger partial charge is 0.490 e. The third-order valence-electron chi connectivity index (χ3n) is 5.08. The summed E-state index contributed by atoms with van der Waals surface area (Å²) in [6.07, 6.45) is 4.68. The summed E-state index contributed by atoms with van der Waals surface area (Å²) < 4.78 is 5.86. The molecule has 2 heterocycles. The molecule has 0 radical (unpaired) electrons. The number of aliphatic carboxylic acids is 2. The second-order valence-electron chi connectivity index (χ2n) is 7.38. The highest BCUT2D eigenvalue weighted by molar-refractivity contribution is 6.27. The van der Waals surface area contributed by atoms with E-state index in [4.69, 9.17) is 24.5 Å². The summed E-state index contributed by atoms with van der Waals surface area (Å²) in [6.45, 7) is 2.76. The minimum Gasteiger partial charge on any atom is -0.490 e. The molecule has 1 aromatic heterocycles. The van der Waals surface area contributed by atoms with Crippen molar-refractivity contribution >= 4 is 28.4 Å². The number of nitrogens with zero attached hydrogens (tertiary/aromatic N) is 1. The molecule has 168 valence electrons. The van der Waals surface area contributed by atoms with E-state index in [1.165, 1.54) is 11.1 Å². The summed E-state index contributed by atoms with van der Waals surface area (Å²) in [5.74, 6) is -2.84. The predicted octanol–water partition coefficient (Wildman–Crippen LogP) is 2.85. The molecule has 4 N–H and O–H groups in total. The Morgan fingerprint density at radius 2 is 1.78 bits per heavy atom. The number of β-amino-alcohol motifs (C(OH)–C–C–N with tert-alkyl or cyclic N) is 1. The van der Waals surface area contributed by atoms with Gasteiger partial charge in [0.05, 0.1) is 0 Å². The highest BCUT2D eigenvalue weighted by Gasteiger charge is 2.17. The monoisotopic (exact) mass is 438 g/mol. The zero-order valence-electron chi connectivity index (χ0n) is 17.5. The first-order valence-electron chi connectivity index (χ1n) is 10.2. The van der Waals surface area contributed by atoms with Gasteiger partial charge in [0.2, 0.25) is 0 Å². The van der Waals surface area contributed by atoms with Crippen molar-refractivity contribution in [1.29, 1.82) is 0 Å². The van der Waals surface area contributed by atoms with Crippen LogP contribution in [-0.2, 0) is 9.59 Å². The lowest BCUT2D eigenvalue weighted by Crippen LogP contribution is -2.38. The van der Waals surface area contributed by atoms with Gasteiger partial charge in [-0.05, 0) is 35.8 Å². The molecule has 0 unspecified atom stereocenters. The lowest BCUT2D eigenvalue weighted by atomic mass is 9.99. The average Bonchev–Trinajstić information content (AvgIpc) is 3.29. The Labute approximate surface area is 185 Å². The minimum atomic E-state index is -1.82. The zero-order chi connectivity index (χ0) is 22.9. The van der Waals surface area contributed by atoms with E-state index < -0.39 is 18.0 Å². The molecule has 0 amide bonds. The zero-order valence-corrected chi connectivity index (χ0v) is 17.5. The number of fused-ring (bicyclic) bond motifs is 1. The normalized spacial score (nSPS) is 14.7. The van der Waals surface area contributed by atoms with Gasteiger partial charge in [0.15, 0.2) is 0 Å². The molecule has 0 aliphatic carbocycles. The van der Waals surface area contributed by atoms with Crippen molar-refractivity contribution in [1.82, 2.24) is 9.88 Å². The van der Waals surface area contributed by atoms with Gasteiger partial charge in [-0.1, -0.05) is 42.5 Å². The third kappa shape index (κ3) is 6.44. The van der Waals surface area contributed by atoms with Gasteiger partial charge in [0.1, 0.15) is 18.5 Å². The summed E-state index contributed by atoms with van der Waals surface area (Å²) in [4.78, 5) is 23.6. The quantitative estimate of drug-likeness (QED) is 0.437. The summed E-state index contributed by atoms with van der Waals surface area (Å²) in [5, 5.41) is 26.2. The number of benzene rings is 2. The van der Waals surface area contributed by atoms with Gasteiger partial charge in [0.25, 0.3) is 0 Å². The average molecular weight is 438 g/mol. The Hall–Kier alpha value is -3.62. The Bertz CT molecular complexity index is 1060. The molecule has 0 bridgehead atoms. The molecule has 8 nitrogen and oxygen atoms in total. The molecular weight excluding hydrogens is 412 g/mol. The summed E-state index contributed by atoms with van der Waals surface area (Å²) in [7, 11) is 0. The molecule has 3 aromatic rings. The molecule has 8 heteroatoms. The SMILES string of the molecule is O=C(O)C(=O)O.O[C@H](COc1cccc2[nH]ccc12)CN1CC=C(c2ccccc2)CC1. The molecule has 0 saturated heterocycles. The van der Waals surface area contributed by atoms with Gasteiger partial charge in [-0.15, -0.1) is 0 Å². The van der Waals surface area contributed by atoms with Crippen LogP contribution in [0.25, 0.3) is 16.5 Å². The molecule has 0 spiro atoms. The first kappa shape index (κ1) is 23.1. The molecule has 0 fully saturated rings. The van der Waals surface area contributed by atoms with Crippen LogP contribution in [0.15, 0.2) is 66.9 Å². The number of hydrogen-bond acceptors (Lipinski definition) is 5. The highest BCUT2D eigenvalue weighted by Crippen LogP contribution is 2.25. The van der Waals surface area contributed by atoms with Crippen molar-refractivity contribution in [2.45, 2.75) is 12.5 Å². The Morgan fingerprint density at radius 3 is 2.44 bits per heavy atom. The van der Waals surface area contributed by atoms with E-state index in [-0.39, 0.29) is 0 Å². The molecule has 0 saturated carbocycles. The number of hydrogen-bond donors (Lipinski definition) is 4. The van der Waals surface area contributed by atoms with Crippen LogP contribution in [0.4, 0.5) is 0 Å². The lowest BCUT2D eigenvalue weighted by molar-refractivity contribution is -0.159. The second kappa shape index (κ2) is 11.1. The lowest BCUT2D eigenvalue weighted by Gasteiger charge is -2.28. The van der Waals surface area contributed by atoms with Crippen LogP contribution in [0.3, 0.4) is 0 Å². The molecular formula is C24H26N2O6. The van der Waals surface area contributed by atoms with Crippen LogP contribution in [0.1, 0.15) is 12.0 Å². The fraction of sp³-hybridized carbons (Fsp3) is 0.250. The summed E-state index contributed by atoms with van der Waals surface area (Å²) in [6, 6.07) is 18.4. The van der Waals surface area contributed by atoms with Crippen molar-refractivity contribution < 1.29 is 29.6 Å². The number of nitrogens with one attached hydrogen (secondary N) is 1. The van der Waals surface area contributed by atoms with E-state index in [2.05, 4.69) is 40.2 Å². The molecule has 1 atom stereocenters. The number of carboxylic acid groups (broad SMARTS) is 2. The van der Waals surface area contributed by atoms with Crippen LogP contribution in [0.2, 0.25) is 0 Å². The molecule has 4 rings (SSSR count). The van der Waals surface area contributed by atoms with E-state index in [0.29, 0.717) is 13.2 Å². The third-order valence-corrected chi connectivity index (χ3v) is 5.08. The number of carbonyl (C=O) groups is 2. The molecule has 2 aromatic carbocycles. The van der Waals surface area contributed by atoms with Crippen LogP contribution >= 0.6 is 0 Å². The van der Waals surface area contributed by atoms with Gasteiger partial charge < -0.3 is 25.0 Å². The molecule has 1 aliphatic rings. The van der Waals surface area contributed by atoms with Crippen LogP contribution in [0, 0.1) is 0 Å². The van der Waals surface area contributed by atoms with Gasteiger partial charge in [-0.2, -0.15) is 0 Å². The fourth-order valence-electron chi connectivity index (χ4n) is 3.51. The Kier molecular flexibility index (Phi) is 8.02. The summed E-state index contributed by atoms with van der Waals surface area (Å²) in [5.41, 5.74) is 3.74. The van der Waals surface area contributed by atoms with Gasteiger partial charge in [-0.25, -0.2) is 9.59 Å². The van der Waals surface area contributed by atoms with Crippen molar-refractivity contribution in [2.24, 2.45) is 0 Å². The van der Waals surface area contributed by atoms with Crippen molar-refractivity contribution in [3.05, 3.63) is 72.4 Å². The number of rotatable bonds is 6. The van der Waals surface area contributed by atoms with E-state index in [0.717, 1.165) is 36.2 Å². The standard InChI is InChI=1S/C22H24N2O2.C2H2O4/c25-19(16-26-22-8-4-7-21-20(22)9-12-23-21)15-24-13-10-18(11-14-24)17-5-2-1-3-6-17;3-1(4)2(5)6/h1-10,12,19,23,25H,11,13-16H2;(H,3,4)(H,5,6)/t19-;/m0./s1. The van der Waals surface area contributed by atoms with Crippen LogP contribution in [-0.4, -0.2) is 69.5 Å². The number of aliphatic hydroxyl groups excluding tert-OH is 1. The number of H-pyrrole nitrogens is 1. The number of carboxylic acids is 2. The van der Waals surface area contributed by atoms with Gasteiger partial charge in [0, 0.05) is 36.7 Å². The minimum absolute atomic E-state index is 0.302. The fourth-order valence-corrected chi connectivity index (χ4v) is 3.51. The smallest absolute Gasteiger partial charge is 0.414 e. The Balaban J connectivity index is 0.000000427. The molecule has 32 heavy (non-hydrogen) atoms. The van der Waals surface area contributed by atoms with E-state index in [1.54, 1.807) is 0 Å². The van der Waals surface area contributed by atoms with E-state index in [9.17, 15) is 5.11 Å². The first-order valence-corrected chi connectivity index (χ1v) is 10.2. The number of ether oxygens (including phenoxy) is 1. The number of aromatic nitrogens is 1. The van der Waals surface area contributed by atoms with Gasteiger partial charge >= 0.3 is 11.9 Å². The highest BCUT2D eigenvalue weighted by atomic mass is 16.5. The van der Waals surface area contributed by atoms with E-state index >= 15 is 0 Å². The maximum atomic E-state index is 10.4. The van der Waals surface area contributed by atoms with E-state index in [1.807, 2.05) is 36.5 Å².